The Labute approximate surface area is 129 Å². The summed E-state index contributed by atoms with van der Waals surface area (Å²) in [5, 5.41) is 1.24. The van der Waals surface area contributed by atoms with Crippen LogP contribution in [0.4, 0.5) is 0 Å². The zero-order chi connectivity index (χ0) is 14.5. The van der Waals surface area contributed by atoms with Crippen LogP contribution in [-0.4, -0.2) is 9.97 Å². The van der Waals surface area contributed by atoms with Gasteiger partial charge < -0.3 is 0 Å². The summed E-state index contributed by atoms with van der Waals surface area (Å²) in [5.41, 5.74) is 3.56. The molecule has 0 amide bonds. The van der Waals surface area contributed by atoms with Gasteiger partial charge in [-0.3, -0.25) is 0 Å². The van der Waals surface area contributed by atoms with Crippen molar-refractivity contribution in [2.45, 2.75) is 17.2 Å². The lowest BCUT2D eigenvalue weighted by atomic mass is 10.0. The first-order valence-electron chi connectivity index (χ1n) is 6.88. The Morgan fingerprint density at radius 1 is 0.810 bits per heavy atom. The van der Waals surface area contributed by atoms with Crippen molar-refractivity contribution < 1.29 is 0 Å². The molecule has 0 fully saturated rings. The van der Waals surface area contributed by atoms with Gasteiger partial charge in [-0.25, -0.2) is 9.97 Å². The van der Waals surface area contributed by atoms with E-state index in [9.17, 15) is 0 Å². The molecule has 0 bridgehead atoms. The van der Waals surface area contributed by atoms with Gasteiger partial charge in [0.2, 0.25) is 0 Å². The van der Waals surface area contributed by atoms with E-state index in [1.165, 1.54) is 11.1 Å². The van der Waals surface area contributed by atoms with Gasteiger partial charge in [0.15, 0.2) is 0 Å². The molecule has 0 unspecified atom stereocenters. The van der Waals surface area contributed by atoms with E-state index in [1.807, 2.05) is 25.1 Å². The third-order valence-electron chi connectivity index (χ3n) is 3.22. The second-order valence-corrected chi connectivity index (χ2v) is 5.94. The van der Waals surface area contributed by atoms with Crippen LogP contribution in [0.3, 0.4) is 0 Å². The quantitative estimate of drug-likeness (QED) is 0.516. The van der Waals surface area contributed by atoms with Crippen LogP contribution < -0.4 is 0 Å². The summed E-state index contributed by atoms with van der Waals surface area (Å²) in [5.74, 6) is 0. The van der Waals surface area contributed by atoms with Gasteiger partial charge in [0.1, 0.15) is 11.4 Å². The van der Waals surface area contributed by atoms with Crippen molar-refractivity contribution in [1.29, 1.82) is 0 Å². The number of hydrogen-bond donors (Lipinski definition) is 0. The van der Waals surface area contributed by atoms with Gasteiger partial charge in [0.05, 0.1) is 5.25 Å². The van der Waals surface area contributed by atoms with Crippen LogP contribution in [0, 0.1) is 6.92 Å². The molecule has 104 valence electrons. The Balaban J connectivity index is 1.97. The molecule has 0 spiro atoms. The SMILES string of the molecule is Cc1cc(SC(c2ccccc2)c2ccccc2)ncn1. The predicted octanol–water partition coefficient (Wildman–Crippen LogP) is 4.67. The van der Waals surface area contributed by atoms with E-state index < -0.39 is 0 Å². The second-order valence-electron chi connectivity index (χ2n) is 4.82. The number of benzene rings is 2. The molecule has 1 aromatic heterocycles. The van der Waals surface area contributed by atoms with Crippen LogP contribution in [0.15, 0.2) is 78.1 Å². The highest BCUT2D eigenvalue weighted by atomic mass is 32.2. The van der Waals surface area contributed by atoms with Crippen LogP contribution in [0.2, 0.25) is 0 Å². The molecule has 1 heterocycles. The van der Waals surface area contributed by atoms with E-state index in [2.05, 4.69) is 58.5 Å². The van der Waals surface area contributed by atoms with Crippen molar-refractivity contribution in [1.82, 2.24) is 9.97 Å². The summed E-state index contributed by atoms with van der Waals surface area (Å²) in [6, 6.07) is 23.1. The van der Waals surface area contributed by atoms with E-state index in [0.29, 0.717) is 0 Å². The average Bonchev–Trinajstić information content (AvgIpc) is 2.54. The smallest absolute Gasteiger partial charge is 0.116 e. The number of aryl methyl sites for hydroxylation is 1. The van der Waals surface area contributed by atoms with Crippen molar-refractivity contribution >= 4 is 11.8 Å². The first-order valence-corrected chi connectivity index (χ1v) is 7.76. The highest BCUT2D eigenvalue weighted by Crippen LogP contribution is 2.39. The monoisotopic (exact) mass is 292 g/mol. The Morgan fingerprint density at radius 3 is 1.90 bits per heavy atom. The fourth-order valence-electron chi connectivity index (χ4n) is 2.20. The van der Waals surface area contributed by atoms with Gasteiger partial charge in [0.25, 0.3) is 0 Å². The minimum absolute atomic E-state index is 0.238. The van der Waals surface area contributed by atoms with Gasteiger partial charge in [-0.1, -0.05) is 72.4 Å². The number of aromatic nitrogens is 2. The van der Waals surface area contributed by atoms with E-state index in [0.717, 1.165) is 10.7 Å². The molecule has 0 saturated carbocycles. The molecular weight excluding hydrogens is 276 g/mol. The average molecular weight is 292 g/mol. The maximum Gasteiger partial charge on any atom is 0.116 e. The van der Waals surface area contributed by atoms with Crippen molar-refractivity contribution in [3.05, 3.63) is 89.9 Å². The predicted molar refractivity (Wildman–Crippen MR) is 87.4 cm³/mol. The first kappa shape index (κ1) is 13.8. The Hall–Kier alpha value is -2.13. The summed E-state index contributed by atoms with van der Waals surface area (Å²) >= 11 is 1.76. The molecule has 3 rings (SSSR count). The summed E-state index contributed by atoms with van der Waals surface area (Å²) in [6.45, 7) is 1.99. The Kier molecular flexibility index (Phi) is 4.31. The van der Waals surface area contributed by atoms with E-state index in [1.54, 1.807) is 18.1 Å². The molecule has 0 aliphatic carbocycles. The van der Waals surface area contributed by atoms with Gasteiger partial charge in [-0.15, -0.1) is 0 Å². The summed E-state index contributed by atoms with van der Waals surface area (Å²) < 4.78 is 0. The van der Waals surface area contributed by atoms with Crippen LogP contribution in [-0.2, 0) is 0 Å². The number of nitrogens with zero attached hydrogens (tertiary/aromatic N) is 2. The lowest BCUT2D eigenvalue weighted by molar-refractivity contribution is 0.998. The first-order chi connectivity index (χ1) is 10.3. The molecule has 21 heavy (non-hydrogen) atoms. The topological polar surface area (TPSA) is 25.8 Å². The Morgan fingerprint density at radius 2 is 1.38 bits per heavy atom. The zero-order valence-electron chi connectivity index (χ0n) is 11.8. The van der Waals surface area contributed by atoms with E-state index >= 15 is 0 Å². The van der Waals surface area contributed by atoms with Crippen molar-refractivity contribution in [3.63, 3.8) is 0 Å². The molecular formula is C18H16N2S. The molecule has 2 aromatic carbocycles. The summed E-state index contributed by atoms with van der Waals surface area (Å²) in [6.07, 6.45) is 1.63. The van der Waals surface area contributed by atoms with Gasteiger partial charge in [-0.2, -0.15) is 0 Å². The fraction of sp³-hybridized carbons (Fsp3) is 0.111. The van der Waals surface area contributed by atoms with Crippen LogP contribution in [0.25, 0.3) is 0 Å². The molecule has 2 nitrogen and oxygen atoms in total. The van der Waals surface area contributed by atoms with E-state index in [4.69, 9.17) is 0 Å². The van der Waals surface area contributed by atoms with Crippen LogP contribution in [0.5, 0.6) is 0 Å². The molecule has 0 radical (unpaired) electrons. The van der Waals surface area contributed by atoms with Crippen molar-refractivity contribution in [3.8, 4) is 0 Å². The molecule has 0 saturated heterocycles. The molecule has 0 aliphatic rings. The third-order valence-corrected chi connectivity index (χ3v) is 4.47. The minimum atomic E-state index is 0.238. The summed E-state index contributed by atoms with van der Waals surface area (Å²) in [4.78, 5) is 8.55. The maximum absolute atomic E-state index is 4.38. The molecule has 0 N–H and O–H groups in total. The van der Waals surface area contributed by atoms with Crippen LogP contribution >= 0.6 is 11.8 Å². The molecule has 3 heteroatoms. The number of hydrogen-bond acceptors (Lipinski definition) is 3. The number of rotatable bonds is 4. The molecule has 0 aliphatic heterocycles. The third kappa shape index (κ3) is 3.50. The maximum atomic E-state index is 4.38. The zero-order valence-corrected chi connectivity index (χ0v) is 12.6. The fourth-order valence-corrected chi connectivity index (χ4v) is 3.37. The van der Waals surface area contributed by atoms with Gasteiger partial charge >= 0.3 is 0 Å². The molecule has 0 atom stereocenters. The molecule has 3 aromatic rings. The normalized spacial score (nSPS) is 10.8. The van der Waals surface area contributed by atoms with Crippen molar-refractivity contribution in [2.24, 2.45) is 0 Å². The van der Waals surface area contributed by atoms with Gasteiger partial charge in [-0.05, 0) is 24.1 Å². The minimum Gasteiger partial charge on any atom is -0.242 e. The second kappa shape index (κ2) is 6.55. The standard InChI is InChI=1S/C18H16N2S/c1-14-12-17(20-13-19-14)21-18(15-8-4-2-5-9-15)16-10-6-3-7-11-16/h2-13,18H,1H3. The summed E-state index contributed by atoms with van der Waals surface area (Å²) in [7, 11) is 0. The van der Waals surface area contributed by atoms with Gasteiger partial charge in [0, 0.05) is 5.69 Å². The highest BCUT2D eigenvalue weighted by molar-refractivity contribution is 7.99. The van der Waals surface area contributed by atoms with Crippen LogP contribution in [0.1, 0.15) is 22.1 Å². The number of thioether (sulfide) groups is 1. The lowest BCUT2D eigenvalue weighted by Crippen LogP contribution is -1.98. The van der Waals surface area contributed by atoms with E-state index in [-0.39, 0.29) is 5.25 Å². The lowest BCUT2D eigenvalue weighted by Gasteiger charge is -2.17. The Bertz CT molecular complexity index is 659. The highest BCUT2D eigenvalue weighted by Gasteiger charge is 2.16. The largest absolute Gasteiger partial charge is 0.242 e. The van der Waals surface area contributed by atoms with Crippen molar-refractivity contribution in [2.75, 3.05) is 0 Å².